The minimum absolute atomic E-state index is 0.101. The monoisotopic (exact) mass is 294 g/mol. The predicted molar refractivity (Wildman–Crippen MR) is 80.2 cm³/mol. The largest absolute Gasteiger partial charge is 0.494 e. The molecule has 1 amide bonds. The fourth-order valence-electron chi connectivity index (χ4n) is 2.79. The third-order valence-electron chi connectivity index (χ3n) is 4.15. The molecule has 1 aromatic rings. The molecule has 5 heteroatoms. The molecule has 1 aliphatic heterocycles. The van der Waals surface area contributed by atoms with E-state index < -0.39 is 5.82 Å². The minimum atomic E-state index is -0.455. The van der Waals surface area contributed by atoms with E-state index in [9.17, 15) is 9.18 Å². The molecule has 0 aliphatic carbocycles. The van der Waals surface area contributed by atoms with Crippen LogP contribution in [-0.2, 0) is 0 Å². The van der Waals surface area contributed by atoms with Crippen LogP contribution in [-0.4, -0.2) is 56.0 Å². The number of likely N-dealkylation sites (tertiary alicyclic amines) is 1. The topological polar surface area (TPSA) is 32.8 Å². The summed E-state index contributed by atoms with van der Waals surface area (Å²) in [7, 11) is 5.29. The van der Waals surface area contributed by atoms with Gasteiger partial charge in [-0.1, -0.05) is 6.42 Å². The van der Waals surface area contributed by atoms with E-state index in [-0.39, 0.29) is 11.7 Å². The number of methoxy groups -OCH3 is 1. The van der Waals surface area contributed by atoms with E-state index in [4.69, 9.17) is 4.74 Å². The van der Waals surface area contributed by atoms with Crippen LogP contribution in [0.5, 0.6) is 5.75 Å². The highest BCUT2D eigenvalue weighted by molar-refractivity contribution is 5.94. The Hall–Kier alpha value is -1.62. The maximum absolute atomic E-state index is 13.4. The van der Waals surface area contributed by atoms with Crippen molar-refractivity contribution in [1.82, 2.24) is 9.80 Å². The molecule has 0 N–H and O–H groups in total. The molecule has 1 atom stereocenters. The van der Waals surface area contributed by atoms with Crippen LogP contribution in [0.3, 0.4) is 0 Å². The Kier molecular flexibility index (Phi) is 5.17. The first-order chi connectivity index (χ1) is 10.0. The standard InChI is InChI=1S/C16H23FN2O2/c1-18-9-5-4-6-13(18)11-19(2)16(20)12-7-8-14(17)15(10-12)21-3/h7-8,10,13H,4-6,9,11H2,1-3H3/t13-/m0/s1. The number of hydrogen-bond donors (Lipinski definition) is 0. The molecule has 1 aliphatic rings. The number of halogens is 1. The molecule has 0 spiro atoms. The highest BCUT2D eigenvalue weighted by atomic mass is 19.1. The first-order valence-corrected chi connectivity index (χ1v) is 7.32. The van der Waals surface area contributed by atoms with Crippen molar-refractivity contribution in [1.29, 1.82) is 0 Å². The van der Waals surface area contributed by atoms with E-state index in [1.54, 1.807) is 11.9 Å². The van der Waals surface area contributed by atoms with Crippen LogP contribution in [0, 0.1) is 5.82 Å². The SMILES string of the molecule is COc1cc(C(=O)N(C)C[C@@H]2CCCCN2C)ccc1F. The van der Waals surface area contributed by atoms with Gasteiger partial charge in [-0.05, 0) is 44.6 Å². The van der Waals surface area contributed by atoms with Crippen LogP contribution in [0.2, 0.25) is 0 Å². The molecule has 21 heavy (non-hydrogen) atoms. The van der Waals surface area contributed by atoms with Gasteiger partial charge in [-0.2, -0.15) is 0 Å². The van der Waals surface area contributed by atoms with E-state index in [2.05, 4.69) is 11.9 Å². The lowest BCUT2D eigenvalue weighted by molar-refractivity contribution is 0.0716. The predicted octanol–water partition coefficient (Wildman–Crippen LogP) is 2.39. The summed E-state index contributed by atoms with van der Waals surface area (Å²) in [5.74, 6) is -0.458. The number of likely N-dealkylation sites (N-methyl/N-ethyl adjacent to an activating group) is 2. The number of carbonyl (C=O) groups is 1. The third kappa shape index (κ3) is 3.73. The normalized spacial score (nSPS) is 19.3. The Bertz CT molecular complexity index is 507. The van der Waals surface area contributed by atoms with Crippen LogP contribution < -0.4 is 4.74 Å². The molecule has 0 radical (unpaired) electrons. The minimum Gasteiger partial charge on any atom is -0.494 e. The Morgan fingerprint density at radius 2 is 2.24 bits per heavy atom. The van der Waals surface area contributed by atoms with Crippen molar-refractivity contribution in [3.8, 4) is 5.75 Å². The van der Waals surface area contributed by atoms with Gasteiger partial charge in [0.1, 0.15) is 0 Å². The summed E-state index contributed by atoms with van der Waals surface area (Å²) in [4.78, 5) is 16.4. The zero-order chi connectivity index (χ0) is 15.4. The molecular formula is C16H23FN2O2. The molecule has 4 nitrogen and oxygen atoms in total. The summed E-state index contributed by atoms with van der Waals surface area (Å²) in [6.07, 6.45) is 3.54. The summed E-state index contributed by atoms with van der Waals surface area (Å²) in [6, 6.07) is 4.63. The number of hydrogen-bond acceptors (Lipinski definition) is 3. The van der Waals surface area contributed by atoms with Crippen LogP contribution >= 0.6 is 0 Å². The highest BCUT2D eigenvalue weighted by Gasteiger charge is 2.23. The number of nitrogens with zero attached hydrogens (tertiary/aromatic N) is 2. The van der Waals surface area contributed by atoms with E-state index in [0.29, 0.717) is 18.2 Å². The van der Waals surface area contributed by atoms with Crippen molar-refractivity contribution in [2.45, 2.75) is 25.3 Å². The van der Waals surface area contributed by atoms with Crippen molar-refractivity contribution in [3.63, 3.8) is 0 Å². The number of amides is 1. The first kappa shape index (κ1) is 15.8. The van der Waals surface area contributed by atoms with E-state index in [1.807, 2.05) is 0 Å². The number of carbonyl (C=O) groups excluding carboxylic acids is 1. The van der Waals surface area contributed by atoms with Crippen molar-refractivity contribution >= 4 is 5.91 Å². The maximum atomic E-state index is 13.4. The molecule has 0 saturated carbocycles. The molecule has 0 unspecified atom stereocenters. The van der Waals surface area contributed by atoms with Crippen LogP contribution in [0.25, 0.3) is 0 Å². The fourth-order valence-corrected chi connectivity index (χ4v) is 2.79. The average Bonchev–Trinajstić information content (AvgIpc) is 2.49. The molecule has 1 saturated heterocycles. The van der Waals surface area contributed by atoms with Gasteiger partial charge in [0.15, 0.2) is 11.6 Å². The number of benzene rings is 1. The molecule has 1 aromatic carbocycles. The number of ether oxygens (including phenoxy) is 1. The zero-order valence-electron chi connectivity index (χ0n) is 12.9. The Balaban J connectivity index is 2.04. The average molecular weight is 294 g/mol. The molecule has 2 rings (SSSR count). The maximum Gasteiger partial charge on any atom is 0.253 e. The highest BCUT2D eigenvalue weighted by Crippen LogP contribution is 2.20. The van der Waals surface area contributed by atoms with E-state index >= 15 is 0 Å². The molecule has 0 bridgehead atoms. The van der Waals surface area contributed by atoms with Gasteiger partial charge in [-0.15, -0.1) is 0 Å². The van der Waals surface area contributed by atoms with Gasteiger partial charge < -0.3 is 14.5 Å². The zero-order valence-corrected chi connectivity index (χ0v) is 12.9. The second-order valence-electron chi connectivity index (χ2n) is 5.67. The Labute approximate surface area is 125 Å². The molecular weight excluding hydrogens is 271 g/mol. The quantitative estimate of drug-likeness (QED) is 0.855. The van der Waals surface area contributed by atoms with Crippen molar-refractivity contribution in [2.24, 2.45) is 0 Å². The smallest absolute Gasteiger partial charge is 0.253 e. The summed E-state index contributed by atoms with van der Waals surface area (Å²) in [6.45, 7) is 1.77. The second-order valence-corrected chi connectivity index (χ2v) is 5.67. The van der Waals surface area contributed by atoms with Crippen LogP contribution in [0.4, 0.5) is 4.39 Å². The van der Waals surface area contributed by atoms with Gasteiger partial charge in [0, 0.05) is 25.2 Å². The lowest BCUT2D eigenvalue weighted by Gasteiger charge is -2.35. The lowest BCUT2D eigenvalue weighted by atomic mass is 10.0. The number of rotatable bonds is 4. The van der Waals surface area contributed by atoms with Gasteiger partial charge in [-0.25, -0.2) is 4.39 Å². The Morgan fingerprint density at radius 1 is 1.48 bits per heavy atom. The molecule has 1 fully saturated rings. The van der Waals surface area contributed by atoms with Gasteiger partial charge in [0.2, 0.25) is 0 Å². The molecule has 0 aromatic heterocycles. The van der Waals surface area contributed by atoms with Crippen LogP contribution in [0.15, 0.2) is 18.2 Å². The molecule has 116 valence electrons. The number of piperidine rings is 1. The van der Waals surface area contributed by atoms with Crippen molar-refractivity contribution < 1.29 is 13.9 Å². The summed E-state index contributed by atoms with van der Waals surface area (Å²) in [5.41, 5.74) is 0.453. The Morgan fingerprint density at radius 3 is 2.90 bits per heavy atom. The first-order valence-electron chi connectivity index (χ1n) is 7.32. The van der Waals surface area contributed by atoms with E-state index in [0.717, 1.165) is 13.0 Å². The second kappa shape index (κ2) is 6.89. The van der Waals surface area contributed by atoms with Gasteiger partial charge >= 0.3 is 0 Å². The van der Waals surface area contributed by atoms with Gasteiger partial charge in [0.05, 0.1) is 7.11 Å². The summed E-state index contributed by atoms with van der Waals surface area (Å²) in [5, 5.41) is 0. The van der Waals surface area contributed by atoms with E-state index in [1.165, 1.54) is 38.2 Å². The fraction of sp³-hybridized carbons (Fsp3) is 0.562. The van der Waals surface area contributed by atoms with Gasteiger partial charge in [-0.3, -0.25) is 4.79 Å². The summed E-state index contributed by atoms with van der Waals surface area (Å²) < 4.78 is 18.3. The summed E-state index contributed by atoms with van der Waals surface area (Å²) >= 11 is 0. The molecule has 1 heterocycles. The third-order valence-corrected chi connectivity index (χ3v) is 4.15. The van der Waals surface area contributed by atoms with Crippen molar-refractivity contribution in [3.05, 3.63) is 29.6 Å². The van der Waals surface area contributed by atoms with Gasteiger partial charge in [0.25, 0.3) is 5.91 Å². The van der Waals surface area contributed by atoms with Crippen LogP contribution in [0.1, 0.15) is 29.6 Å². The van der Waals surface area contributed by atoms with Crippen molar-refractivity contribution in [2.75, 3.05) is 34.3 Å². The lowest BCUT2D eigenvalue weighted by Crippen LogP contribution is -2.45.